The summed E-state index contributed by atoms with van der Waals surface area (Å²) in [5, 5.41) is 11.6. The number of furan rings is 1. The fraction of sp³-hybridized carbons (Fsp3) is 0.588. The number of nitrogens with one attached hydrogen (secondary N) is 1. The molecule has 2 unspecified atom stereocenters. The first-order valence-corrected chi connectivity index (χ1v) is 8.55. The Bertz CT molecular complexity index is 677. The number of hydrogen-bond acceptors (Lipinski definition) is 4. The maximum atomic E-state index is 12.2. The predicted octanol–water partition coefficient (Wildman–Crippen LogP) is 2.06. The molecule has 0 aromatic carbocycles. The van der Waals surface area contributed by atoms with Crippen LogP contribution in [0, 0.1) is 5.92 Å². The van der Waals surface area contributed by atoms with Gasteiger partial charge in [0.05, 0.1) is 6.26 Å². The minimum atomic E-state index is 0.0664. The average molecular weight is 314 g/mol. The monoisotopic (exact) mass is 314 g/mol. The van der Waals surface area contributed by atoms with Crippen LogP contribution in [0.1, 0.15) is 49.0 Å². The molecule has 3 heterocycles. The summed E-state index contributed by atoms with van der Waals surface area (Å²) in [4.78, 5) is 12.2. The highest BCUT2D eigenvalue weighted by molar-refractivity contribution is 5.82. The van der Waals surface area contributed by atoms with Gasteiger partial charge in [-0.2, -0.15) is 0 Å². The van der Waals surface area contributed by atoms with Crippen molar-refractivity contribution in [3.8, 4) is 0 Å². The van der Waals surface area contributed by atoms with Crippen LogP contribution in [0.15, 0.2) is 22.8 Å². The summed E-state index contributed by atoms with van der Waals surface area (Å²) in [5.41, 5.74) is 0. The van der Waals surface area contributed by atoms with Crippen molar-refractivity contribution in [2.75, 3.05) is 6.54 Å². The van der Waals surface area contributed by atoms with Crippen LogP contribution in [0.4, 0.5) is 0 Å². The molecule has 0 bridgehead atoms. The molecule has 1 fully saturated rings. The number of fused-ring (bicyclic) bond motifs is 1. The summed E-state index contributed by atoms with van der Waals surface area (Å²) >= 11 is 0. The predicted molar refractivity (Wildman–Crippen MR) is 83.8 cm³/mol. The highest BCUT2D eigenvalue weighted by Gasteiger charge is 2.45. The van der Waals surface area contributed by atoms with Crippen molar-refractivity contribution in [2.24, 2.45) is 5.92 Å². The number of rotatable bonds is 5. The van der Waals surface area contributed by atoms with Crippen LogP contribution < -0.4 is 5.32 Å². The second kappa shape index (κ2) is 6.18. The lowest BCUT2D eigenvalue weighted by Gasteiger charge is -2.07. The first-order valence-electron chi connectivity index (χ1n) is 8.55. The molecule has 1 saturated carbocycles. The van der Waals surface area contributed by atoms with Crippen molar-refractivity contribution in [2.45, 2.75) is 51.0 Å². The van der Waals surface area contributed by atoms with Crippen molar-refractivity contribution < 1.29 is 9.21 Å². The number of aryl methyl sites for hydroxylation is 1. The Kier molecular flexibility index (Phi) is 3.89. The van der Waals surface area contributed by atoms with E-state index in [4.69, 9.17) is 4.42 Å². The minimum Gasteiger partial charge on any atom is -0.469 e. The van der Waals surface area contributed by atoms with Crippen molar-refractivity contribution in [3.05, 3.63) is 35.8 Å². The fourth-order valence-electron chi connectivity index (χ4n) is 3.46. The molecule has 23 heavy (non-hydrogen) atoms. The second-order valence-electron chi connectivity index (χ2n) is 6.50. The van der Waals surface area contributed by atoms with Crippen LogP contribution in [0.3, 0.4) is 0 Å². The van der Waals surface area contributed by atoms with E-state index in [1.807, 2.05) is 12.1 Å². The van der Waals surface area contributed by atoms with E-state index >= 15 is 0 Å². The fourth-order valence-corrected chi connectivity index (χ4v) is 3.46. The van der Waals surface area contributed by atoms with Crippen molar-refractivity contribution in [1.29, 1.82) is 0 Å². The third-order valence-corrected chi connectivity index (χ3v) is 4.87. The van der Waals surface area contributed by atoms with Gasteiger partial charge in [-0.05, 0) is 31.4 Å². The summed E-state index contributed by atoms with van der Waals surface area (Å²) in [5.74, 6) is 3.48. The van der Waals surface area contributed by atoms with Crippen LogP contribution in [-0.2, 0) is 24.2 Å². The van der Waals surface area contributed by atoms with Gasteiger partial charge in [-0.3, -0.25) is 4.79 Å². The van der Waals surface area contributed by atoms with Crippen molar-refractivity contribution >= 4 is 5.91 Å². The standard InChI is InChI=1S/C17H22N4O2/c22-17(13-11-12(13)14-5-4-10-23-14)18-8-7-16-20-19-15-6-2-1-3-9-21(15)16/h4-5,10,12-13H,1-3,6-9,11H2,(H,18,22). The van der Waals surface area contributed by atoms with Crippen LogP contribution in [0.25, 0.3) is 0 Å². The van der Waals surface area contributed by atoms with E-state index in [9.17, 15) is 4.79 Å². The van der Waals surface area contributed by atoms with Gasteiger partial charge >= 0.3 is 0 Å². The topological polar surface area (TPSA) is 73.0 Å². The summed E-state index contributed by atoms with van der Waals surface area (Å²) < 4.78 is 7.61. The van der Waals surface area contributed by atoms with E-state index in [1.165, 1.54) is 19.3 Å². The molecule has 2 aliphatic rings. The molecule has 122 valence electrons. The molecule has 2 aromatic rings. The largest absolute Gasteiger partial charge is 0.469 e. The Balaban J connectivity index is 1.28. The Morgan fingerprint density at radius 3 is 3.17 bits per heavy atom. The van der Waals surface area contributed by atoms with E-state index in [0.29, 0.717) is 6.54 Å². The normalized spacial score (nSPS) is 23.1. The Morgan fingerprint density at radius 1 is 1.35 bits per heavy atom. The van der Waals surface area contributed by atoms with Gasteiger partial charge in [-0.25, -0.2) is 0 Å². The zero-order valence-electron chi connectivity index (χ0n) is 13.2. The lowest BCUT2D eigenvalue weighted by atomic mass is 10.2. The highest BCUT2D eigenvalue weighted by Crippen LogP contribution is 2.47. The van der Waals surface area contributed by atoms with Gasteiger partial charge in [0.2, 0.25) is 5.91 Å². The molecule has 0 spiro atoms. The van der Waals surface area contributed by atoms with Crippen LogP contribution in [-0.4, -0.2) is 27.2 Å². The molecule has 0 saturated heterocycles. The highest BCUT2D eigenvalue weighted by atomic mass is 16.3. The van der Waals surface area contributed by atoms with Gasteiger partial charge in [0, 0.05) is 37.8 Å². The van der Waals surface area contributed by atoms with Crippen LogP contribution >= 0.6 is 0 Å². The van der Waals surface area contributed by atoms with E-state index in [2.05, 4.69) is 20.1 Å². The smallest absolute Gasteiger partial charge is 0.223 e. The molecule has 2 aromatic heterocycles. The number of hydrogen-bond donors (Lipinski definition) is 1. The van der Waals surface area contributed by atoms with Gasteiger partial charge in [-0.1, -0.05) is 6.42 Å². The first kappa shape index (κ1) is 14.5. The lowest BCUT2D eigenvalue weighted by Crippen LogP contribution is -2.28. The molecular weight excluding hydrogens is 292 g/mol. The molecule has 1 amide bonds. The summed E-state index contributed by atoms with van der Waals surface area (Å²) in [6, 6.07) is 3.82. The molecule has 6 heteroatoms. The third kappa shape index (κ3) is 3.02. The molecule has 6 nitrogen and oxygen atoms in total. The van der Waals surface area contributed by atoms with E-state index in [1.54, 1.807) is 6.26 Å². The number of carbonyl (C=O) groups is 1. The Hall–Kier alpha value is -2.11. The number of carbonyl (C=O) groups excluding carboxylic acids is 1. The van der Waals surface area contributed by atoms with Gasteiger partial charge in [0.1, 0.15) is 17.4 Å². The van der Waals surface area contributed by atoms with Gasteiger partial charge in [-0.15, -0.1) is 10.2 Å². The second-order valence-corrected chi connectivity index (χ2v) is 6.50. The number of nitrogens with zero attached hydrogens (tertiary/aromatic N) is 3. The zero-order valence-corrected chi connectivity index (χ0v) is 13.2. The summed E-state index contributed by atoms with van der Waals surface area (Å²) in [6.45, 7) is 1.63. The van der Waals surface area contributed by atoms with Crippen molar-refractivity contribution in [1.82, 2.24) is 20.1 Å². The molecule has 4 rings (SSSR count). The third-order valence-electron chi connectivity index (χ3n) is 4.87. The molecular formula is C17H22N4O2. The quantitative estimate of drug-likeness (QED) is 0.917. The molecule has 1 N–H and O–H groups in total. The van der Waals surface area contributed by atoms with Gasteiger partial charge in [0.15, 0.2) is 0 Å². The Morgan fingerprint density at radius 2 is 2.30 bits per heavy atom. The van der Waals surface area contributed by atoms with Crippen LogP contribution in [0.5, 0.6) is 0 Å². The zero-order chi connectivity index (χ0) is 15.6. The van der Waals surface area contributed by atoms with Gasteiger partial charge in [0.25, 0.3) is 0 Å². The van der Waals surface area contributed by atoms with Crippen molar-refractivity contribution in [3.63, 3.8) is 0 Å². The maximum absolute atomic E-state index is 12.2. The average Bonchev–Trinajstić information content (AvgIpc) is 3.11. The molecule has 1 aliphatic heterocycles. The van der Waals surface area contributed by atoms with E-state index in [-0.39, 0.29) is 17.7 Å². The summed E-state index contributed by atoms with van der Waals surface area (Å²) in [7, 11) is 0. The first-order chi connectivity index (χ1) is 11.3. The number of amides is 1. The molecule has 2 atom stereocenters. The SMILES string of the molecule is O=C(NCCc1nnc2n1CCCCC2)C1CC1c1ccco1. The molecule has 1 aliphatic carbocycles. The van der Waals surface area contributed by atoms with Crippen LogP contribution in [0.2, 0.25) is 0 Å². The Labute approximate surface area is 135 Å². The van der Waals surface area contributed by atoms with E-state index in [0.717, 1.165) is 43.2 Å². The van der Waals surface area contributed by atoms with E-state index < -0.39 is 0 Å². The minimum absolute atomic E-state index is 0.0664. The number of aromatic nitrogens is 3. The maximum Gasteiger partial charge on any atom is 0.223 e. The lowest BCUT2D eigenvalue weighted by molar-refractivity contribution is -0.122. The molecule has 0 radical (unpaired) electrons. The van der Waals surface area contributed by atoms with Gasteiger partial charge < -0.3 is 14.3 Å². The summed E-state index contributed by atoms with van der Waals surface area (Å²) in [6.07, 6.45) is 7.97.